The number of nitrogens with zero attached hydrogens (tertiary/aromatic N) is 2. The van der Waals surface area contributed by atoms with E-state index < -0.39 is 0 Å². The Morgan fingerprint density at radius 1 is 1.00 bits per heavy atom. The second-order valence-electron chi connectivity index (χ2n) is 6.58. The summed E-state index contributed by atoms with van der Waals surface area (Å²) >= 11 is 0. The second kappa shape index (κ2) is 8.99. The lowest BCUT2D eigenvalue weighted by Gasteiger charge is -2.21. The van der Waals surface area contributed by atoms with E-state index in [1.54, 1.807) is 12.3 Å². The largest absolute Gasteiger partial charge is 0.366 e. The van der Waals surface area contributed by atoms with Gasteiger partial charge in [-0.2, -0.15) is 0 Å². The van der Waals surface area contributed by atoms with Crippen LogP contribution >= 0.6 is 0 Å². The van der Waals surface area contributed by atoms with Crippen molar-refractivity contribution < 1.29 is 4.79 Å². The molecule has 4 nitrogen and oxygen atoms in total. The maximum absolute atomic E-state index is 12.9. The van der Waals surface area contributed by atoms with E-state index in [0.717, 1.165) is 5.56 Å². The minimum absolute atomic E-state index is 0.0161. The zero-order valence-corrected chi connectivity index (χ0v) is 15.9. The molecule has 138 valence electrons. The average Bonchev–Trinajstić information content (AvgIpc) is 2.71. The Balaban J connectivity index is 1.68. The summed E-state index contributed by atoms with van der Waals surface area (Å²) in [6.07, 6.45) is 1.68. The topological polar surface area (TPSA) is 45.2 Å². The van der Waals surface area contributed by atoms with Gasteiger partial charge in [-0.25, -0.2) is 4.98 Å². The summed E-state index contributed by atoms with van der Waals surface area (Å²) in [6, 6.07) is 22.0. The number of amides is 1. The maximum Gasteiger partial charge on any atom is 0.254 e. The summed E-state index contributed by atoms with van der Waals surface area (Å²) in [5.41, 5.74) is 4.19. The molecule has 3 aromatic rings. The van der Waals surface area contributed by atoms with Crippen LogP contribution in [0.15, 0.2) is 72.9 Å². The van der Waals surface area contributed by atoms with Gasteiger partial charge in [0.2, 0.25) is 0 Å². The highest BCUT2D eigenvalue weighted by molar-refractivity contribution is 5.94. The highest BCUT2D eigenvalue weighted by Crippen LogP contribution is 2.14. The number of hydrogen-bond acceptors (Lipinski definition) is 3. The number of carbonyl (C=O) groups is 1. The van der Waals surface area contributed by atoms with E-state index in [1.807, 2.05) is 54.3 Å². The van der Waals surface area contributed by atoms with Crippen molar-refractivity contribution >= 4 is 11.7 Å². The molecule has 2 aromatic carbocycles. The lowest BCUT2D eigenvalue weighted by molar-refractivity contribution is 0.0752. The Kier molecular flexibility index (Phi) is 6.21. The highest BCUT2D eigenvalue weighted by atomic mass is 16.2. The molecule has 1 amide bonds. The molecule has 0 radical (unpaired) electrons. The van der Waals surface area contributed by atoms with Gasteiger partial charge in [0.05, 0.1) is 0 Å². The van der Waals surface area contributed by atoms with Crippen LogP contribution in [0.4, 0.5) is 5.82 Å². The van der Waals surface area contributed by atoms with Crippen molar-refractivity contribution in [3.05, 3.63) is 95.2 Å². The molecular formula is C23H25N3O. The van der Waals surface area contributed by atoms with Gasteiger partial charge in [0, 0.05) is 31.4 Å². The first-order chi connectivity index (χ1) is 13.2. The Labute approximate surface area is 160 Å². The third-order valence-electron chi connectivity index (χ3n) is 4.45. The van der Waals surface area contributed by atoms with Crippen molar-refractivity contribution in [2.24, 2.45) is 0 Å². The molecule has 1 N–H and O–H groups in total. The summed E-state index contributed by atoms with van der Waals surface area (Å²) in [6.45, 7) is 6.01. The number of aromatic nitrogens is 1. The molecule has 0 aliphatic heterocycles. The van der Waals surface area contributed by atoms with Gasteiger partial charge < -0.3 is 10.2 Å². The summed E-state index contributed by atoms with van der Waals surface area (Å²) in [4.78, 5) is 19.1. The van der Waals surface area contributed by atoms with E-state index >= 15 is 0 Å². The molecule has 1 aromatic heterocycles. The maximum atomic E-state index is 12.9. The molecule has 27 heavy (non-hydrogen) atoms. The van der Waals surface area contributed by atoms with Crippen LogP contribution in [0.2, 0.25) is 0 Å². The number of pyridine rings is 1. The van der Waals surface area contributed by atoms with Crippen molar-refractivity contribution in [1.29, 1.82) is 0 Å². The minimum atomic E-state index is 0.0161. The summed E-state index contributed by atoms with van der Waals surface area (Å²) in [5.74, 6) is 0.723. The molecular weight excluding hydrogens is 334 g/mol. The second-order valence-corrected chi connectivity index (χ2v) is 6.58. The highest BCUT2D eigenvalue weighted by Gasteiger charge is 2.15. The third kappa shape index (κ3) is 5.17. The molecule has 0 atom stereocenters. The number of nitrogens with one attached hydrogen (secondary N) is 1. The summed E-state index contributed by atoms with van der Waals surface area (Å²) in [5, 5.41) is 3.31. The molecule has 0 spiro atoms. The Bertz CT molecular complexity index is 893. The van der Waals surface area contributed by atoms with Crippen LogP contribution in [0, 0.1) is 6.92 Å². The Hall–Kier alpha value is -3.14. The lowest BCUT2D eigenvalue weighted by Crippen LogP contribution is -2.30. The Morgan fingerprint density at radius 2 is 1.78 bits per heavy atom. The average molecular weight is 359 g/mol. The molecule has 1 heterocycles. The van der Waals surface area contributed by atoms with E-state index in [1.165, 1.54) is 11.1 Å². The van der Waals surface area contributed by atoms with Crippen LogP contribution in [-0.4, -0.2) is 22.3 Å². The Morgan fingerprint density at radius 3 is 2.52 bits per heavy atom. The van der Waals surface area contributed by atoms with E-state index in [0.29, 0.717) is 31.0 Å². The normalized spacial score (nSPS) is 10.4. The van der Waals surface area contributed by atoms with E-state index in [-0.39, 0.29) is 5.91 Å². The van der Waals surface area contributed by atoms with Crippen molar-refractivity contribution in [2.45, 2.75) is 26.9 Å². The van der Waals surface area contributed by atoms with Crippen LogP contribution in [0.1, 0.15) is 34.0 Å². The van der Waals surface area contributed by atoms with Crippen molar-refractivity contribution in [3.63, 3.8) is 0 Å². The van der Waals surface area contributed by atoms with Gasteiger partial charge in [-0.15, -0.1) is 0 Å². The molecule has 0 aliphatic rings. The number of anilines is 1. The van der Waals surface area contributed by atoms with Crippen LogP contribution in [0.25, 0.3) is 0 Å². The van der Waals surface area contributed by atoms with Crippen molar-refractivity contribution in [1.82, 2.24) is 9.88 Å². The van der Waals surface area contributed by atoms with Crippen LogP contribution < -0.4 is 5.32 Å². The molecule has 0 saturated heterocycles. The minimum Gasteiger partial charge on any atom is -0.366 e. The van der Waals surface area contributed by atoms with Crippen molar-refractivity contribution in [2.75, 3.05) is 11.9 Å². The molecule has 0 fully saturated rings. The fourth-order valence-electron chi connectivity index (χ4n) is 2.99. The fraction of sp³-hybridized carbons (Fsp3) is 0.217. The van der Waals surface area contributed by atoms with E-state index in [2.05, 4.69) is 35.4 Å². The van der Waals surface area contributed by atoms with Gasteiger partial charge in [-0.1, -0.05) is 60.2 Å². The number of aryl methyl sites for hydroxylation is 1. The molecule has 0 unspecified atom stereocenters. The standard InChI is InChI=1S/C23H25N3O/c1-3-26(17-19-9-5-4-6-10-19)23(27)21-12-13-24-22(15-21)25-16-20-11-7-8-18(2)14-20/h4-15H,3,16-17H2,1-2H3,(H,24,25). The van der Waals surface area contributed by atoms with Gasteiger partial charge >= 0.3 is 0 Å². The predicted molar refractivity (Wildman–Crippen MR) is 110 cm³/mol. The first kappa shape index (κ1) is 18.6. The van der Waals surface area contributed by atoms with E-state index in [9.17, 15) is 4.79 Å². The first-order valence-corrected chi connectivity index (χ1v) is 9.24. The van der Waals surface area contributed by atoms with E-state index in [4.69, 9.17) is 0 Å². The molecule has 4 heteroatoms. The number of benzene rings is 2. The number of carbonyl (C=O) groups excluding carboxylic acids is 1. The van der Waals surface area contributed by atoms with Crippen molar-refractivity contribution in [3.8, 4) is 0 Å². The van der Waals surface area contributed by atoms with Gasteiger partial charge in [0.1, 0.15) is 5.82 Å². The summed E-state index contributed by atoms with van der Waals surface area (Å²) < 4.78 is 0. The van der Waals surface area contributed by atoms with Gasteiger partial charge in [0.15, 0.2) is 0 Å². The predicted octanol–water partition coefficient (Wildman–Crippen LogP) is 4.66. The third-order valence-corrected chi connectivity index (χ3v) is 4.45. The molecule has 3 rings (SSSR count). The monoisotopic (exact) mass is 359 g/mol. The van der Waals surface area contributed by atoms with Crippen LogP contribution in [0.3, 0.4) is 0 Å². The zero-order chi connectivity index (χ0) is 19.1. The lowest BCUT2D eigenvalue weighted by atomic mass is 10.1. The SMILES string of the molecule is CCN(Cc1ccccc1)C(=O)c1ccnc(NCc2cccc(C)c2)c1. The smallest absolute Gasteiger partial charge is 0.254 e. The first-order valence-electron chi connectivity index (χ1n) is 9.24. The molecule has 0 bridgehead atoms. The zero-order valence-electron chi connectivity index (χ0n) is 15.9. The van der Waals surface area contributed by atoms with Gasteiger partial charge in [-0.05, 0) is 37.1 Å². The molecule has 0 aliphatic carbocycles. The van der Waals surface area contributed by atoms with Crippen LogP contribution in [0.5, 0.6) is 0 Å². The quantitative estimate of drug-likeness (QED) is 0.667. The van der Waals surface area contributed by atoms with Gasteiger partial charge in [0.25, 0.3) is 5.91 Å². The van der Waals surface area contributed by atoms with Crippen LogP contribution in [-0.2, 0) is 13.1 Å². The fourth-order valence-corrected chi connectivity index (χ4v) is 2.99. The summed E-state index contributed by atoms with van der Waals surface area (Å²) in [7, 11) is 0. The van der Waals surface area contributed by atoms with Gasteiger partial charge in [-0.3, -0.25) is 4.79 Å². The number of hydrogen-bond donors (Lipinski definition) is 1. The molecule has 0 saturated carbocycles. The number of rotatable bonds is 7.